The normalized spacial score (nSPS) is 22.4. The SMILES string of the molecule is COc1ccc(N2C(=O)[C@@H](OS(=O)(=O)C(F)(F)F)[C@H]2C)cc1. The summed E-state index contributed by atoms with van der Waals surface area (Å²) in [7, 11) is -4.35. The van der Waals surface area contributed by atoms with Crippen molar-refractivity contribution in [3.8, 4) is 5.75 Å². The van der Waals surface area contributed by atoms with Crippen molar-refractivity contribution in [1.29, 1.82) is 0 Å². The van der Waals surface area contributed by atoms with E-state index in [0.29, 0.717) is 11.4 Å². The van der Waals surface area contributed by atoms with Crippen LogP contribution in [0.15, 0.2) is 24.3 Å². The van der Waals surface area contributed by atoms with Gasteiger partial charge in [-0.1, -0.05) is 0 Å². The minimum absolute atomic E-state index is 0.405. The lowest BCUT2D eigenvalue weighted by Crippen LogP contribution is -2.65. The Labute approximate surface area is 124 Å². The molecule has 0 spiro atoms. The van der Waals surface area contributed by atoms with Crippen LogP contribution in [0.2, 0.25) is 0 Å². The Morgan fingerprint density at radius 3 is 2.14 bits per heavy atom. The van der Waals surface area contributed by atoms with E-state index in [1.807, 2.05) is 0 Å². The van der Waals surface area contributed by atoms with Gasteiger partial charge in [0.1, 0.15) is 5.75 Å². The maximum absolute atomic E-state index is 12.3. The van der Waals surface area contributed by atoms with Crippen molar-refractivity contribution in [2.75, 3.05) is 12.0 Å². The van der Waals surface area contributed by atoms with Crippen molar-refractivity contribution in [2.45, 2.75) is 24.6 Å². The van der Waals surface area contributed by atoms with Crippen molar-refractivity contribution in [3.63, 3.8) is 0 Å². The number of benzene rings is 1. The third-order valence-corrected chi connectivity index (χ3v) is 4.22. The number of nitrogens with zero attached hydrogens (tertiary/aromatic N) is 1. The van der Waals surface area contributed by atoms with Crippen LogP contribution in [-0.4, -0.2) is 39.1 Å². The second kappa shape index (κ2) is 5.43. The number of anilines is 1. The summed E-state index contributed by atoms with van der Waals surface area (Å²) in [4.78, 5) is 13.0. The molecule has 1 saturated heterocycles. The second-order valence-electron chi connectivity index (χ2n) is 4.56. The molecular formula is C12H12F3NO5S. The van der Waals surface area contributed by atoms with Gasteiger partial charge in [-0.05, 0) is 31.2 Å². The standard InChI is InChI=1S/C12H12F3NO5S/c1-7-10(21-22(18,19)12(13,14)15)11(17)16(7)8-3-5-9(20-2)6-4-8/h3-7,10H,1-2H3/t7-,10+/m1/s1. The van der Waals surface area contributed by atoms with E-state index in [1.54, 1.807) is 12.1 Å². The van der Waals surface area contributed by atoms with E-state index in [1.165, 1.54) is 26.2 Å². The molecule has 122 valence electrons. The Bertz CT molecular complexity index is 671. The smallest absolute Gasteiger partial charge is 0.497 e. The highest BCUT2D eigenvalue weighted by molar-refractivity contribution is 7.87. The summed E-state index contributed by atoms with van der Waals surface area (Å²) in [5.41, 5.74) is -5.16. The van der Waals surface area contributed by atoms with Gasteiger partial charge in [0.25, 0.3) is 5.91 Å². The van der Waals surface area contributed by atoms with E-state index in [4.69, 9.17) is 4.74 Å². The van der Waals surface area contributed by atoms with Crippen LogP contribution in [-0.2, 0) is 19.1 Å². The molecule has 1 aliphatic rings. The molecule has 0 N–H and O–H groups in total. The zero-order valence-corrected chi connectivity index (χ0v) is 12.3. The number of methoxy groups -OCH3 is 1. The summed E-state index contributed by atoms with van der Waals surface area (Å²) in [5, 5.41) is 0. The quantitative estimate of drug-likeness (QED) is 0.474. The molecule has 0 bridgehead atoms. The molecule has 0 saturated carbocycles. The van der Waals surface area contributed by atoms with Gasteiger partial charge in [0.2, 0.25) is 0 Å². The number of alkyl halides is 3. The fourth-order valence-electron chi connectivity index (χ4n) is 2.02. The van der Waals surface area contributed by atoms with Crippen LogP contribution < -0.4 is 9.64 Å². The van der Waals surface area contributed by atoms with E-state index in [0.717, 1.165) is 4.90 Å². The highest BCUT2D eigenvalue weighted by Crippen LogP contribution is 2.34. The third kappa shape index (κ3) is 2.75. The van der Waals surface area contributed by atoms with Crippen LogP contribution in [0.3, 0.4) is 0 Å². The molecule has 2 atom stereocenters. The maximum atomic E-state index is 12.3. The highest BCUT2D eigenvalue weighted by Gasteiger charge is 2.55. The van der Waals surface area contributed by atoms with Crippen molar-refractivity contribution in [2.24, 2.45) is 0 Å². The van der Waals surface area contributed by atoms with E-state index in [-0.39, 0.29) is 0 Å². The predicted molar refractivity (Wildman–Crippen MR) is 69.8 cm³/mol. The number of amides is 1. The van der Waals surface area contributed by atoms with Crippen LogP contribution in [0.5, 0.6) is 5.75 Å². The summed E-state index contributed by atoms with van der Waals surface area (Å²) >= 11 is 0. The molecular weight excluding hydrogens is 327 g/mol. The topological polar surface area (TPSA) is 72.9 Å². The molecule has 1 aromatic rings. The van der Waals surface area contributed by atoms with Crippen LogP contribution in [0.25, 0.3) is 0 Å². The summed E-state index contributed by atoms with van der Waals surface area (Å²) < 4.78 is 67.6. The lowest BCUT2D eigenvalue weighted by Gasteiger charge is -2.44. The fourth-order valence-corrected chi connectivity index (χ4v) is 2.64. The number of carbonyl (C=O) groups is 1. The number of ether oxygens (including phenoxy) is 1. The second-order valence-corrected chi connectivity index (χ2v) is 6.13. The van der Waals surface area contributed by atoms with Gasteiger partial charge in [-0.3, -0.25) is 4.79 Å². The predicted octanol–water partition coefficient (Wildman–Crippen LogP) is 1.67. The molecule has 10 heteroatoms. The Balaban J connectivity index is 2.14. The number of hydrogen-bond donors (Lipinski definition) is 0. The molecule has 0 aliphatic carbocycles. The largest absolute Gasteiger partial charge is 0.523 e. The number of hydrogen-bond acceptors (Lipinski definition) is 5. The molecule has 22 heavy (non-hydrogen) atoms. The van der Waals surface area contributed by atoms with Gasteiger partial charge in [-0.15, -0.1) is 0 Å². The molecule has 1 amide bonds. The molecule has 1 aromatic carbocycles. The summed E-state index contributed by atoms with van der Waals surface area (Å²) in [6.07, 6.45) is -1.69. The number of halogens is 3. The monoisotopic (exact) mass is 339 g/mol. The van der Waals surface area contributed by atoms with Crippen LogP contribution in [0, 0.1) is 0 Å². The van der Waals surface area contributed by atoms with Gasteiger partial charge in [0, 0.05) is 5.69 Å². The minimum atomic E-state index is -5.81. The number of β-lactam (4-membered cyclic amide) rings is 1. The molecule has 1 heterocycles. The summed E-state index contributed by atoms with van der Waals surface area (Å²) in [6, 6.07) is 5.34. The van der Waals surface area contributed by atoms with E-state index >= 15 is 0 Å². The summed E-state index contributed by atoms with van der Waals surface area (Å²) in [6.45, 7) is 1.39. The van der Waals surface area contributed by atoms with Crippen molar-refractivity contribution in [1.82, 2.24) is 0 Å². The number of carbonyl (C=O) groups excluding carboxylic acids is 1. The van der Waals surface area contributed by atoms with Crippen LogP contribution >= 0.6 is 0 Å². The maximum Gasteiger partial charge on any atom is 0.523 e. The molecule has 1 aliphatic heterocycles. The first kappa shape index (κ1) is 16.6. The summed E-state index contributed by atoms with van der Waals surface area (Å²) in [5.74, 6) is -0.317. The Kier molecular flexibility index (Phi) is 4.09. The third-order valence-electron chi connectivity index (χ3n) is 3.19. The molecule has 2 rings (SSSR count). The van der Waals surface area contributed by atoms with E-state index in [2.05, 4.69) is 4.18 Å². The van der Waals surface area contributed by atoms with Crippen LogP contribution in [0.4, 0.5) is 18.9 Å². The Morgan fingerprint density at radius 2 is 1.73 bits per heavy atom. The molecule has 0 unspecified atom stereocenters. The molecule has 0 aromatic heterocycles. The first-order chi connectivity index (χ1) is 10.1. The Hall–Kier alpha value is -1.81. The molecule has 1 fully saturated rings. The lowest BCUT2D eigenvalue weighted by molar-refractivity contribution is -0.135. The van der Waals surface area contributed by atoms with Gasteiger partial charge in [-0.25, -0.2) is 4.18 Å². The first-order valence-electron chi connectivity index (χ1n) is 6.05. The van der Waals surface area contributed by atoms with Gasteiger partial charge in [0.05, 0.1) is 13.2 Å². The average Bonchev–Trinajstić information content (AvgIpc) is 2.45. The van der Waals surface area contributed by atoms with Gasteiger partial charge in [0.15, 0.2) is 6.10 Å². The van der Waals surface area contributed by atoms with E-state index in [9.17, 15) is 26.4 Å². The van der Waals surface area contributed by atoms with Crippen molar-refractivity contribution >= 4 is 21.7 Å². The Morgan fingerprint density at radius 1 is 1.18 bits per heavy atom. The number of rotatable bonds is 4. The molecule has 0 radical (unpaired) electrons. The van der Waals surface area contributed by atoms with E-state index < -0.39 is 33.7 Å². The lowest BCUT2D eigenvalue weighted by atomic mass is 9.99. The van der Waals surface area contributed by atoms with Gasteiger partial charge < -0.3 is 9.64 Å². The van der Waals surface area contributed by atoms with Crippen molar-refractivity contribution < 1.29 is 35.3 Å². The van der Waals surface area contributed by atoms with Crippen LogP contribution in [0.1, 0.15) is 6.92 Å². The zero-order chi connectivity index (χ0) is 16.7. The van der Waals surface area contributed by atoms with Gasteiger partial charge in [-0.2, -0.15) is 21.6 Å². The van der Waals surface area contributed by atoms with Gasteiger partial charge >= 0.3 is 15.6 Å². The average molecular weight is 339 g/mol. The minimum Gasteiger partial charge on any atom is -0.497 e. The molecule has 6 nitrogen and oxygen atoms in total. The fraction of sp³-hybridized carbons (Fsp3) is 0.417. The first-order valence-corrected chi connectivity index (χ1v) is 7.46. The zero-order valence-electron chi connectivity index (χ0n) is 11.5. The highest BCUT2D eigenvalue weighted by atomic mass is 32.2. The van der Waals surface area contributed by atoms with Crippen molar-refractivity contribution in [3.05, 3.63) is 24.3 Å².